The second-order valence-electron chi connectivity index (χ2n) is 4.76. The summed E-state index contributed by atoms with van der Waals surface area (Å²) in [6.45, 7) is 4.00. The van der Waals surface area contributed by atoms with E-state index in [1.54, 1.807) is 7.11 Å². The van der Waals surface area contributed by atoms with E-state index in [2.05, 4.69) is 11.8 Å². The Balaban J connectivity index is 2.17. The van der Waals surface area contributed by atoms with Crippen LogP contribution in [-0.2, 0) is 0 Å². The minimum absolute atomic E-state index is 0.0202. The first kappa shape index (κ1) is 11.1. The molecule has 3 N–H and O–H groups in total. The number of hydrogen-bond donors (Lipinski definition) is 2. The van der Waals surface area contributed by atoms with Crippen LogP contribution in [-0.4, -0.2) is 31.9 Å². The molecule has 0 bridgehead atoms. The number of aliphatic hydroxyl groups is 1. The highest BCUT2D eigenvalue weighted by molar-refractivity contribution is 5.65. The van der Waals surface area contributed by atoms with Crippen molar-refractivity contribution in [1.82, 2.24) is 0 Å². The van der Waals surface area contributed by atoms with Gasteiger partial charge in [-0.3, -0.25) is 0 Å². The van der Waals surface area contributed by atoms with Crippen LogP contribution in [0, 0.1) is 5.41 Å². The Bertz CT molecular complexity index is 387. The summed E-state index contributed by atoms with van der Waals surface area (Å²) in [5, 5.41) is 9.20. The van der Waals surface area contributed by atoms with Crippen LogP contribution in [0.2, 0.25) is 0 Å². The summed E-state index contributed by atoms with van der Waals surface area (Å²) in [4.78, 5) is 2.19. The maximum Gasteiger partial charge on any atom is 0.144 e. The number of rotatable bonds is 3. The number of anilines is 2. The molecular formula is C12H18N2O2. The molecule has 16 heavy (non-hydrogen) atoms. The minimum Gasteiger partial charge on any atom is -0.495 e. The summed E-state index contributed by atoms with van der Waals surface area (Å²) in [5.41, 5.74) is 7.47. The predicted octanol–water partition coefficient (Wildman–Crippen LogP) is 1.10. The second-order valence-corrected chi connectivity index (χ2v) is 4.76. The van der Waals surface area contributed by atoms with Crippen molar-refractivity contribution in [3.63, 3.8) is 0 Å². The van der Waals surface area contributed by atoms with Crippen molar-refractivity contribution in [3.05, 3.63) is 18.2 Å². The van der Waals surface area contributed by atoms with Gasteiger partial charge in [-0.25, -0.2) is 0 Å². The predicted molar refractivity (Wildman–Crippen MR) is 64.8 cm³/mol. The Labute approximate surface area is 95.6 Å². The number of nitrogens with two attached hydrogens (primary N) is 1. The number of aliphatic hydroxyl groups excluding tert-OH is 1. The van der Waals surface area contributed by atoms with Crippen molar-refractivity contribution >= 4 is 11.4 Å². The fourth-order valence-electron chi connectivity index (χ4n) is 2.10. The zero-order valence-corrected chi connectivity index (χ0v) is 9.73. The Morgan fingerprint density at radius 3 is 2.75 bits per heavy atom. The maximum absolute atomic E-state index is 9.20. The van der Waals surface area contributed by atoms with Gasteiger partial charge in [0.25, 0.3) is 0 Å². The summed E-state index contributed by atoms with van der Waals surface area (Å²) in [5.74, 6) is 0.792. The summed E-state index contributed by atoms with van der Waals surface area (Å²) < 4.78 is 5.30. The van der Waals surface area contributed by atoms with Crippen molar-refractivity contribution in [3.8, 4) is 5.75 Å². The Morgan fingerprint density at radius 1 is 1.50 bits per heavy atom. The molecule has 0 amide bonds. The average Bonchev–Trinajstić information content (AvgIpc) is 2.25. The molecule has 0 saturated carbocycles. The van der Waals surface area contributed by atoms with Crippen LogP contribution in [0.4, 0.5) is 11.4 Å². The number of benzene rings is 1. The molecule has 1 aliphatic heterocycles. The van der Waals surface area contributed by atoms with Crippen molar-refractivity contribution in [2.75, 3.05) is 37.4 Å². The highest BCUT2D eigenvalue weighted by atomic mass is 16.5. The maximum atomic E-state index is 9.20. The lowest BCUT2D eigenvalue weighted by atomic mass is 9.82. The molecule has 1 aromatic carbocycles. The minimum atomic E-state index is 0.0202. The monoisotopic (exact) mass is 222 g/mol. The standard InChI is InChI=1S/C12H18N2O2/c1-12(8-15)6-14(7-12)10-4-3-9(13)5-11(10)16-2/h3-5,15H,6-8,13H2,1-2H3. The number of nitrogen functional groups attached to an aromatic ring is 1. The third-order valence-corrected chi connectivity index (χ3v) is 3.07. The smallest absolute Gasteiger partial charge is 0.144 e. The highest BCUT2D eigenvalue weighted by Gasteiger charge is 2.39. The highest BCUT2D eigenvalue weighted by Crippen LogP contribution is 2.39. The molecule has 1 heterocycles. The lowest BCUT2D eigenvalue weighted by molar-refractivity contribution is 0.110. The lowest BCUT2D eigenvalue weighted by Crippen LogP contribution is -2.56. The summed E-state index contributed by atoms with van der Waals surface area (Å²) in [7, 11) is 1.64. The molecule has 0 spiro atoms. The van der Waals surface area contributed by atoms with E-state index in [0.717, 1.165) is 24.5 Å². The second kappa shape index (κ2) is 3.87. The molecule has 0 aromatic heterocycles. The van der Waals surface area contributed by atoms with Gasteiger partial charge >= 0.3 is 0 Å². The molecule has 1 saturated heterocycles. The molecule has 1 fully saturated rings. The molecule has 0 radical (unpaired) electrons. The topological polar surface area (TPSA) is 58.7 Å². The van der Waals surface area contributed by atoms with Crippen LogP contribution in [0.15, 0.2) is 18.2 Å². The van der Waals surface area contributed by atoms with Crippen LogP contribution in [0.25, 0.3) is 0 Å². The van der Waals surface area contributed by atoms with Gasteiger partial charge in [-0.05, 0) is 12.1 Å². The first-order valence-corrected chi connectivity index (χ1v) is 5.37. The third kappa shape index (κ3) is 1.80. The van der Waals surface area contributed by atoms with Gasteiger partial charge in [0.1, 0.15) is 5.75 Å². The fourth-order valence-corrected chi connectivity index (χ4v) is 2.10. The van der Waals surface area contributed by atoms with Crippen molar-refractivity contribution in [1.29, 1.82) is 0 Å². The molecule has 1 aliphatic rings. The van der Waals surface area contributed by atoms with E-state index in [4.69, 9.17) is 10.5 Å². The largest absolute Gasteiger partial charge is 0.495 e. The van der Waals surface area contributed by atoms with Gasteiger partial charge < -0.3 is 20.5 Å². The Hall–Kier alpha value is -1.42. The van der Waals surface area contributed by atoms with Crippen LogP contribution in [0.5, 0.6) is 5.75 Å². The number of nitrogens with zero attached hydrogens (tertiary/aromatic N) is 1. The zero-order chi connectivity index (χ0) is 11.8. The summed E-state index contributed by atoms with van der Waals surface area (Å²) >= 11 is 0. The van der Waals surface area contributed by atoms with Gasteiger partial charge in [0, 0.05) is 30.3 Å². The van der Waals surface area contributed by atoms with Crippen molar-refractivity contribution < 1.29 is 9.84 Å². The van der Waals surface area contributed by atoms with Gasteiger partial charge in [0.05, 0.1) is 19.4 Å². The molecule has 0 aliphatic carbocycles. The Morgan fingerprint density at radius 2 is 2.19 bits per heavy atom. The molecule has 4 heteroatoms. The summed E-state index contributed by atoms with van der Waals surface area (Å²) in [6.07, 6.45) is 0. The van der Waals surface area contributed by atoms with E-state index in [-0.39, 0.29) is 12.0 Å². The molecule has 88 valence electrons. The van der Waals surface area contributed by atoms with Crippen LogP contribution >= 0.6 is 0 Å². The molecular weight excluding hydrogens is 204 g/mol. The number of methoxy groups -OCH3 is 1. The fraction of sp³-hybridized carbons (Fsp3) is 0.500. The van der Waals surface area contributed by atoms with E-state index in [1.807, 2.05) is 18.2 Å². The van der Waals surface area contributed by atoms with Crippen molar-refractivity contribution in [2.45, 2.75) is 6.92 Å². The van der Waals surface area contributed by atoms with Gasteiger partial charge in [0.15, 0.2) is 0 Å². The van der Waals surface area contributed by atoms with E-state index in [0.29, 0.717) is 5.69 Å². The molecule has 1 aromatic rings. The molecule has 4 nitrogen and oxygen atoms in total. The number of hydrogen-bond acceptors (Lipinski definition) is 4. The lowest BCUT2D eigenvalue weighted by Gasteiger charge is -2.48. The first-order chi connectivity index (χ1) is 7.58. The van der Waals surface area contributed by atoms with E-state index in [1.165, 1.54) is 0 Å². The first-order valence-electron chi connectivity index (χ1n) is 5.37. The Kier molecular flexibility index (Phi) is 2.68. The van der Waals surface area contributed by atoms with Gasteiger partial charge in [-0.15, -0.1) is 0 Å². The van der Waals surface area contributed by atoms with Gasteiger partial charge in [-0.1, -0.05) is 6.92 Å². The molecule has 0 unspecified atom stereocenters. The zero-order valence-electron chi connectivity index (χ0n) is 9.73. The normalized spacial score (nSPS) is 18.1. The molecule has 2 rings (SSSR count). The van der Waals surface area contributed by atoms with E-state index in [9.17, 15) is 5.11 Å². The van der Waals surface area contributed by atoms with Crippen LogP contribution in [0.3, 0.4) is 0 Å². The average molecular weight is 222 g/mol. The van der Waals surface area contributed by atoms with E-state index >= 15 is 0 Å². The van der Waals surface area contributed by atoms with Crippen LogP contribution in [0.1, 0.15) is 6.92 Å². The van der Waals surface area contributed by atoms with E-state index < -0.39 is 0 Å². The molecule has 0 atom stereocenters. The van der Waals surface area contributed by atoms with Gasteiger partial charge in [-0.2, -0.15) is 0 Å². The van der Waals surface area contributed by atoms with Gasteiger partial charge in [0.2, 0.25) is 0 Å². The van der Waals surface area contributed by atoms with Crippen molar-refractivity contribution in [2.24, 2.45) is 5.41 Å². The third-order valence-electron chi connectivity index (χ3n) is 3.07. The SMILES string of the molecule is COc1cc(N)ccc1N1CC(C)(CO)C1. The quantitative estimate of drug-likeness (QED) is 0.752. The van der Waals surface area contributed by atoms with Crippen LogP contribution < -0.4 is 15.4 Å². The number of ether oxygens (including phenoxy) is 1. The summed E-state index contributed by atoms with van der Waals surface area (Å²) in [6, 6.07) is 5.65.